The Kier molecular flexibility index (Phi) is 9.45. The number of imidazole rings is 1. The Morgan fingerprint density at radius 2 is 1.07 bits per heavy atom. The molecule has 0 atom stereocenters. The van der Waals surface area contributed by atoms with Crippen LogP contribution < -0.4 is 9.30 Å². The Balaban J connectivity index is 1.01. The maximum absolute atomic E-state index is 9.39. The van der Waals surface area contributed by atoms with Gasteiger partial charge in [-0.3, -0.25) is 13.7 Å². The lowest BCUT2D eigenvalue weighted by atomic mass is 9.81. The van der Waals surface area contributed by atoms with E-state index >= 15 is 0 Å². The van der Waals surface area contributed by atoms with Crippen LogP contribution in [0.1, 0.15) is 59.5 Å². The maximum atomic E-state index is 9.39. The first-order valence-corrected chi connectivity index (χ1v) is 27.3. The standard InChI is InChI=1S/C74H57N5O/c1-73(2,3)48-39-40-75-69(41-48)79-66-36-17-14-28-57(66)58-38-37-52(45-67(58)79)80-51-24-18-23-49(42-51)76-46-77-71-61(32-20-33-63(71)74(4,5)6)60-31-19-30-53(47-21-8-7-9-22-47)70(60)59-29-11-10-25-54(59)62-43-50(44-68(76)72(62)77)78-64-34-15-12-26-55(64)56-27-13-16-35-65(56)78/h7-45H,1-6H3/i7D,8D,9D,21D,22D. The van der Waals surface area contributed by atoms with Gasteiger partial charge in [-0.15, -0.1) is 0 Å². The van der Waals surface area contributed by atoms with Crippen molar-refractivity contribution in [1.29, 1.82) is 0 Å². The zero-order valence-electron chi connectivity index (χ0n) is 50.3. The van der Waals surface area contributed by atoms with Crippen LogP contribution >= 0.6 is 0 Å². The Hall–Kier alpha value is -9.78. The van der Waals surface area contributed by atoms with Crippen LogP contribution in [-0.4, -0.2) is 18.7 Å². The van der Waals surface area contributed by atoms with Gasteiger partial charge in [-0.25, -0.2) is 4.98 Å². The molecule has 6 heteroatoms. The summed E-state index contributed by atoms with van der Waals surface area (Å²) in [5.74, 6) is 2.17. The largest absolute Gasteiger partial charge is 0.458 e. The van der Waals surface area contributed by atoms with E-state index in [1.165, 1.54) is 5.56 Å². The first kappa shape index (κ1) is 42.3. The molecule has 384 valence electrons. The van der Waals surface area contributed by atoms with Crippen molar-refractivity contribution in [2.75, 3.05) is 0 Å². The number of benzene rings is 10. The molecule has 0 spiro atoms. The van der Waals surface area contributed by atoms with Gasteiger partial charge >= 0.3 is 0 Å². The molecule has 0 unspecified atom stereocenters. The second-order valence-corrected chi connectivity index (χ2v) is 23.0. The van der Waals surface area contributed by atoms with Gasteiger partial charge in [0.25, 0.3) is 6.33 Å². The lowest BCUT2D eigenvalue weighted by molar-refractivity contribution is -0.572. The van der Waals surface area contributed by atoms with E-state index < -0.39 is 6.04 Å². The van der Waals surface area contributed by atoms with Crippen molar-refractivity contribution in [2.45, 2.75) is 52.4 Å². The predicted octanol–water partition coefficient (Wildman–Crippen LogP) is 18.7. The molecule has 5 heterocycles. The first-order chi connectivity index (χ1) is 41.0. The summed E-state index contributed by atoms with van der Waals surface area (Å²) in [6, 6.07) is 67.9. The maximum Gasteiger partial charge on any atom is 0.269 e. The Bertz CT molecular complexity index is 5070. The number of fused-ring (bicyclic) bond motifs is 13. The van der Waals surface area contributed by atoms with Crippen molar-refractivity contribution in [3.8, 4) is 78.9 Å². The van der Waals surface area contributed by atoms with Gasteiger partial charge in [0.2, 0.25) is 0 Å². The summed E-state index contributed by atoms with van der Waals surface area (Å²) in [5, 5.41) is 4.50. The van der Waals surface area contributed by atoms with Gasteiger partial charge in [0.15, 0.2) is 0 Å². The third kappa shape index (κ3) is 7.46. The summed E-state index contributed by atoms with van der Waals surface area (Å²) in [6.45, 7) is 13.4. The van der Waals surface area contributed by atoms with Gasteiger partial charge in [0.05, 0.1) is 51.3 Å². The zero-order valence-corrected chi connectivity index (χ0v) is 45.3. The molecule has 0 saturated carbocycles. The monoisotopic (exact) mass is 1040 g/mol. The van der Waals surface area contributed by atoms with Crippen molar-refractivity contribution < 1.29 is 16.2 Å². The highest BCUT2D eigenvalue weighted by Crippen LogP contribution is 2.49. The van der Waals surface area contributed by atoms with Crippen LogP contribution in [0.2, 0.25) is 0 Å². The molecule has 1 aliphatic heterocycles. The molecule has 1 aliphatic rings. The molecule has 14 aromatic rings. The van der Waals surface area contributed by atoms with Crippen LogP contribution in [0.25, 0.3) is 122 Å². The molecule has 80 heavy (non-hydrogen) atoms. The van der Waals surface area contributed by atoms with E-state index in [1.807, 2.05) is 42.6 Å². The van der Waals surface area contributed by atoms with E-state index in [1.54, 1.807) is 0 Å². The van der Waals surface area contributed by atoms with Crippen LogP contribution in [-0.2, 0) is 10.8 Å². The second kappa shape index (κ2) is 17.9. The number of hydrogen-bond acceptors (Lipinski definition) is 2. The van der Waals surface area contributed by atoms with Crippen LogP contribution in [0.5, 0.6) is 11.5 Å². The van der Waals surface area contributed by atoms with E-state index in [9.17, 15) is 2.74 Å². The Labute approximate surface area is 472 Å². The molecule has 0 aliphatic carbocycles. The number of nitrogens with zero attached hydrogens (tertiary/aromatic N) is 5. The van der Waals surface area contributed by atoms with Crippen molar-refractivity contribution in [1.82, 2.24) is 18.7 Å². The normalized spacial score (nSPS) is 13.2. The highest BCUT2D eigenvalue weighted by Gasteiger charge is 2.31. The number of pyridine rings is 1. The molecule has 0 saturated heterocycles. The quantitative estimate of drug-likeness (QED) is 0.123. The van der Waals surface area contributed by atoms with E-state index in [-0.39, 0.29) is 40.6 Å². The van der Waals surface area contributed by atoms with Crippen molar-refractivity contribution in [2.24, 2.45) is 0 Å². The number of rotatable bonds is 6. The molecule has 0 radical (unpaired) electrons. The average molecular weight is 1040 g/mol. The molecule has 10 aromatic carbocycles. The zero-order chi connectivity index (χ0) is 58.4. The van der Waals surface area contributed by atoms with Crippen LogP contribution in [0, 0.1) is 6.33 Å². The molecular formula is C74H57N5O. The van der Waals surface area contributed by atoms with Gasteiger partial charge in [0.1, 0.15) is 17.3 Å². The van der Waals surface area contributed by atoms with E-state index in [0.29, 0.717) is 17.1 Å². The predicted molar refractivity (Wildman–Crippen MR) is 329 cm³/mol. The highest BCUT2D eigenvalue weighted by atomic mass is 16.5. The summed E-state index contributed by atoms with van der Waals surface area (Å²) in [7, 11) is 0. The molecule has 0 bridgehead atoms. The van der Waals surface area contributed by atoms with Gasteiger partial charge in [-0.2, -0.15) is 0 Å². The molecular weight excluding hydrogens is 975 g/mol. The van der Waals surface area contributed by atoms with Crippen molar-refractivity contribution in [3.63, 3.8) is 0 Å². The minimum absolute atomic E-state index is 0.0697. The average Bonchev–Trinajstić information content (AvgIpc) is 1.74. The van der Waals surface area contributed by atoms with Gasteiger partial charge in [0, 0.05) is 39.5 Å². The lowest BCUT2D eigenvalue weighted by Gasteiger charge is -2.26. The SMILES string of the molecule is [2H]c1c([2H])c([2H])c(-c2cccc3c2-c2ccccc2-c2cc(-n4c5ccccc5c5ccccc54)cc4c2[n+]([c-]n4-c2cccc(Oc4ccc5c6ccccc6n(-c6cc(C(C)(C)C)ccn6)c5c4)c2)-c2c-3cccc2C(C)(C)C)c([2H])c1[2H]. The first-order valence-electron chi connectivity index (χ1n) is 29.8. The summed E-state index contributed by atoms with van der Waals surface area (Å²) < 4.78 is 61.1. The number of hydrogen-bond donors (Lipinski definition) is 0. The summed E-state index contributed by atoms with van der Waals surface area (Å²) in [4.78, 5) is 4.94. The number of aromatic nitrogens is 5. The molecule has 0 N–H and O–H groups in total. The fourth-order valence-electron chi connectivity index (χ4n) is 12.4. The summed E-state index contributed by atoms with van der Waals surface area (Å²) >= 11 is 0. The van der Waals surface area contributed by atoms with Gasteiger partial charge in [-0.05, 0) is 139 Å². The van der Waals surface area contributed by atoms with Crippen molar-refractivity contribution in [3.05, 3.63) is 254 Å². The fraction of sp³-hybridized carbons (Fsp3) is 0.108. The number of para-hydroxylation sites is 4. The lowest BCUT2D eigenvalue weighted by Crippen LogP contribution is -2.35. The van der Waals surface area contributed by atoms with E-state index in [2.05, 4.69) is 230 Å². The molecule has 6 nitrogen and oxygen atoms in total. The highest BCUT2D eigenvalue weighted by molar-refractivity contribution is 6.11. The third-order valence-electron chi connectivity index (χ3n) is 16.1. The minimum atomic E-state index is -0.434. The third-order valence-corrected chi connectivity index (χ3v) is 16.1. The molecule has 0 amide bonds. The molecule has 4 aromatic heterocycles. The number of ether oxygens (including phenoxy) is 1. The van der Waals surface area contributed by atoms with E-state index in [4.69, 9.17) is 13.8 Å². The smallest absolute Gasteiger partial charge is 0.269 e. The fourth-order valence-corrected chi connectivity index (χ4v) is 12.4. The van der Waals surface area contributed by atoms with Crippen molar-refractivity contribution >= 4 is 54.6 Å². The topological polar surface area (TPSA) is 40.8 Å². The Morgan fingerprint density at radius 3 is 1.80 bits per heavy atom. The van der Waals surface area contributed by atoms with Gasteiger partial charge in [-0.1, -0.05) is 193 Å². The van der Waals surface area contributed by atoms with Crippen LogP contribution in [0.15, 0.2) is 237 Å². The molecule has 0 fully saturated rings. The van der Waals surface area contributed by atoms with Gasteiger partial charge < -0.3 is 9.30 Å². The summed E-state index contributed by atoms with van der Waals surface area (Å²) in [6.07, 6.45) is 5.91. The minimum Gasteiger partial charge on any atom is -0.458 e. The Morgan fingerprint density at radius 1 is 0.463 bits per heavy atom. The van der Waals surface area contributed by atoms with Crippen LogP contribution in [0.4, 0.5) is 0 Å². The second-order valence-electron chi connectivity index (χ2n) is 23.0. The van der Waals surface area contributed by atoms with Crippen LogP contribution in [0.3, 0.4) is 0 Å². The summed E-state index contributed by atoms with van der Waals surface area (Å²) in [5.41, 5.74) is 16.3. The molecule has 15 rings (SSSR count). The van der Waals surface area contributed by atoms with E-state index in [0.717, 1.165) is 116 Å².